The molecule has 0 N–H and O–H groups in total. The van der Waals surface area contributed by atoms with Gasteiger partial charge in [0.25, 0.3) is 0 Å². The Kier molecular flexibility index (Phi) is 44.3. The van der Waals surface area contributed by atoms with E-state index in [4.69, 9.17) is 13.6 Å². The zero-order chi connectivity index (χ0) is 38.4. The lowest BCUT2D eigenvalue weighted by molar-refractivity contribution is 0.229. The van der Waals surface area contributed by atoms with Gasteiger partial charge in [0.05, 0.1) is 18.8 Å². The Labute approximate surface area is 333 Å². The molecule has 0 radical (unpaired) electrons. The fourth-order valence-corrected chi connectivity index (χ4v) is 7.80. The molecule has 0 rings (SSSR count). The molecule has 0 aliphatic rings. The number of rotatable bonds is 45. The maximum Gasteiger partial charge on any atom is 0.645 e. The summed E-state index contributed by atoms with van der Waals surface area (Å²) in [6.45, 7) is 6.85. The minimum absolute atomic E-state index is 0.918. The Hall–Kier alpha value is -1.15. The zero-order valence-corrected chi connectivity index (χ0v) is 37.0. The minimum atomic E-state index is -3.74. The molecular formula is C48H93O4P. The molecule has 0 bridgehead atoms. The van der Waals surface area contributed by atoms with Crippen molar-refractivity contribution >= 4 is 7.82 Å². The van der Waals surface area contributed by atoms with Gasteiger partial charge in [0.15, 0.2) is 0 Å². The quantitative estimate of drug-likeness (QED) is 0.0352. The Bertz CT molecular complexity index is 718. The van der Waals surface area contributed by atoms with Crippen LogP contribution in [-0.4, -0.2) is 0 Å². The van der Waals surface area contributed by atoms with Gasteiger partial charge in [-0.05, 0) is 56.8 Å². The summed E-state index contributed by atoms with van der Waals surface area (Å²) in [7, 11) is -3.74. The summed E-state index contributed by atoms with van der Waals surface area (Å²) in [6, 6.07) is 0. The van der Waals surface area contributed by atoms with Gasteiger partial charge in [0.2, 0.25) is 0 Å². The third-order valence-corrected chi connectivity index (χ3v) is 11.7. The van der Waals surface area contributed by atoms with E-state index in [1.165, 1.54) is 231 Å². The highest BCUT2D eigenvalue weighted by atomic mass is 31.2. The van der Waals surface area contributed by atoms with E-state index in [1.54, 1.807) is 0 Å². The molecule has 0 aromatic carbocycles. The third-order valence-electron chi connectivity index (χ3n) is 10.5. The van der Waals surface area contributed by atoms with Crippen molar-refractivity contribution in [3.05, 3.63) is 37.0 Å². The Balaban J connectivity index is 4.29. The summed E-state index contributed by atoms with van der Waals surface area (Å²) in [5, 5.41) is 0. The van der Waals surface area contributed by atoms with Crippen molar-refractivity contribution < 1.29 is 18.1 Å². The standard InChI is InChI=1S/C48H93O4P/c1-4-7-10-13-16-19-22-25-28-31-34-37-40-43-46-50-53(49,51-47-44-41-38-35-32-29-26-23-20-17-14-11-8-5-2)52-48-45-42-39-36-33-30-27-24-21-18-15-12-9-6-3/h43-48H,4-42H2,1-3H3/b46-43+,47-44+,48-45+. The van der Waals surface area contributed by atoms with Crippen LogP contribution in [0.3, 0.4) is 0 Å². The molecule has 0 saturated heterocycles. The Morgan fingerprint density at radius 1 is 0.283 bits per heavy atom. The lowest BCUT2D eigenvalue weighted by atomic mass is 10.0. The molecule has 5 heteroatoms. The molecule has 0 aliphatic carbocycles. The van der Waals surface area contributed by atoms with Crippen LogP contribution >= 0.6 is 7.82 Å². The van der Waals surface area contributed by atoms with Crippen LogP contribution in [0.1, 0.15) is 271 Å². The molecule has 0 spiro atoms. The van der Waals surface area contributed by atoms with Gasteiger partial charge in [-0.2, -0.15) is 4.57 Å². The lowest BCUT2D eigenvalue weighted by Gasteiger charge is -2.13. The average Bonchev–Trinajstić information content (AvgIpc) is 3.16. The SMILES string of the molecule is CCCCCCCCCCCCCC/C=C/OP(=O)(O/C=C/CCCCCCCCCCCCCC)O/C=C/CCCCCCCCCCCCCC. The molecule has 314 valence electrons. The molecule has 0 amide bonds. The van der Waals surface area contributed by atoms with Crippen molar-refractivity contribution in [3.63, 3.8) is 0 Å². The smallest absolute Gasteiger partial charge is 0.394 e. The van der Waals surface area contributed by atoms with Crippen LogP contribution in [0.4, 0.5) is 0 Å². The van der Waals surface area contributed by atoms with Gasteiger partial charge in [-0.3, -0.25) is 0 Å². The van der Waals surface area contributed by atoms with E-state index in [0.29, 0.717) is 0 Å². The molecule has 0 unspecified atom stereocenters. The molecule has 0 saturated carbocycles. The largest absolute Gasteiger partial charge is 0.645 e. The highest BCUT2D eigenvalue weighted by Gasteiger charge is 2.27. The van der Waals surface area contributed by atoms with Crippen LogP contribution in [0.5, 0.6) is 0 Å². The maximum absolute atomic E-state index is 13.4. The van der Waals surface area contributed by atoms with Crippen molar-refractivity contribution in [2.24, 2.45) is 0 Å². The number of phosphoric ester groups is 1. The average molecular weight is 765 g/mol. The van der Waals surface area contributed by atoms with Crippen molar-refractivity contribution in [1.29, 1.82) is 0 Å². The maximum atomic E-state index is 13.4. The fraction of sp³-hybridized carbons (Fsp3) is 0.875. The predicted octanol–water partition coefficient (Wildman–Crippen LogP) is 19.0. The van der Waals surface area contributed by atoms with Crippen LogP contribution in [0.25, 0.3) is 0 Å². The van der Waals surface area contributed by atoms with E-state index >= 15 is 0 Å². The van der Waals surface area contributed by atoms with Gasteiger partial charge in [-0.1, -0.05) is 233 Å². The Morgan fingerprint density at radius 2 is 0.453 bits per heavy atom. The number of hydrogen-bond acceptors (Lipinski definition) is 4. The third kappa shape index (κ3) is 43.4. The van der Waals surface area contributed by atoms with E-state index in [1.807, 2.05) is 18.2 Å². The molecule has 4 nitrogen and oxygen atoms in total. The summed E-state index contributed by atoms with van der Waals surface area (Å²) < 4.78 is 30.2. The van der Waals surface area contributed by atoms with Crippen LogP contribution in [0.2, 0.25) is 0 Å². The second-order valence-electron chi connectivity index (χ2n) is 15.9. The summed E-state index contributed by atoms with van der Waals surface area (Å²) >= 11 is 0. The molecule has 0 aromatic rings. The second kappa shape index (κ2) is 45.2. The summed E-state index contributed by atoms with van der Waals surface area (Å²) in [4.78, 5) is 0. The minimum Gasteiger partial charge on any atom is -0.394 e. The lowest BCUT2D eigenvalue weighted by Crippen LogP contribution is -1.89. The second-order valence-corrected chi connectivity index (χ2v) is 17.4. The highest BCUT2D eigenvalue weighted by Crippen LogP contribution is 2.50. The van der Waals surface area contributed by atoms with E-state index in [-0.39, 0.29) is 0 Å². The van der Waals surface area contributed by atoms with E-state index in [2.05, 4.69) is 20.8 Å². The first-order chi connectivity index (χ1) is 26.2. The number of unbranched alkanes of at least 4 members (excludes halogenated alkanes) is 36. The highest BCUT2D eigenvalue weighted by molar-refractivity contribution is 7.48. The topological polar surface area (TPSA) is 44.8 Å². The molecule has 53 heavy (non-hydrogen) atoms. The van der Waals surface area contributed by atoms with Crippen LogP contribution in [0, 0.1) is 0 Å². The van der Waals surface area contributed by atoms with Gasteiger partial charge < -0.3 is 13.6 Å². The monoisotopic (exact) mass is 765 g/mol. The first-order valence-corrected chi connectivity index (χ1v) is 25.2. The van der Waals surface area contributed by atoms with Gasteiger partial charge in [-0.15, -0.1) is 0 Å². The molecule has 0 aromatic heterocycles. The van der Waals surface area contributed by atoms with Crippen molar-refractivity contribution in [1.82, 2.24) is 0 Å². The fourth-order valence-electron chi connectivity index (χ4n) is 6.94. The van der Waals surface area contributed by atoms with E-state index < -0.39 is 7.82 Å². The first kappa shape index (κ1) is 51.9. The summed E-state index contributed by atoms with van der Waals surface area (Å²) in [6.07, 6.45) is 61.5. The molecular weight excluding hydrogens is 671 g/mol. The van der Waals surface area contributed by atoms with Crippen molar-refractivity contribution in [2.75, 3.05) is 0 Å². The van der Waals surface area contributed by atoms with Crippen LogP contribution < -0.4 is 0 Å². The van der Waals surface area contributed by atoms with Crippen molar-refractivity contribution in [2.45, 2.75) is 271 Å². The summed E-state index contributed by atoms with van der Waals surface area (Å²) in [5.41, 5.74) is 0. The van der Waals surface area contributed by atoms with Crippen LogP contribution in [-0.2, 0) is 18.1 Å². The molecule has 0 fully saturated rings. The Morgan fingerprint density at radius 3 is 0.642 bits per heavy atom. The van der Waals surface area contributed by atoms with Gasteiger partial charge in [0, 0.05) is 0 Å². The molecule has 0 aliphatic heterocycles. The van der Waals surface area contributed by atoms with Gasteiger partial charge in [0.1, 0.15) is 0 Å². The number of allylic oxidation sites excluding steroid dienone is 3. The molecule has 0 heterocycles. The normalized spacial score (nSPS) is 12.2. The van der Waals surface area contributed by atoms with Crippen LogP contribution in [0.15, 0.2) is 37.0 Å². The van der Waals surface area contributed by atoms with Crippen molar-refractivity contribution in [3.8, 4) is 0 Å². The zero-order valence-electron chi connectivity index (χ0n) is 36.1. The van der Waals surface area contributed by atoms with E-state index in [0.717, 1.165) is 38.5 Å². The first-order valence-electron chi connectivity index (χ1n) is 23.8. The predicted molar refractivity (Wildman–Crippen MR) is 235 cm³/mol. The molecule has 0 atom stereocenters. The summed E-state index contributed by atoms with van der Waals surface area (Å²) in [5.74, 6) is 0. The van der Waals surface area contributed by atoms with Gasteiger partial charge in [-0.25, -0.2) is 0 Å². The number of phosphoric acid groups is 1. The van der Waals surface area contributed by atoms with Gasteiger partial charge >= 0.3 is 7.82 Å². The number of hydrogen-bond donors (Lipinski definition) is 0. The van der Waals surface area contributed by atoms with E-state index in [9.17, 15) is 4.57 Å².